The lowest BCUT2D eigenvalue weighted by Crippen LogP contribution is -1.98. The number of thioether (sulfide) groups is 1. The second-order valence-corrected chi connectivity index (χ2v) is 2.94. The molecule has 0 aromatic carbocycles. The third-order valence-electron chi connectivity index (χ3n) is 1.51. The van der Waals surface area contributed by atoms with Gasteiger partial charge in [0.15, 0.2) is 6.04 Å². The van der Waals surface area contributed by atoms with E-state index in [1.807, 2.05) is 5.41 Å². The molecular weight excluding hydrogens is 136 g/mol. The third kappa shape index (κ3) is 0.311. The summed E-state index contributed by atoms with van der Waals surface area (Å²) in [5.74, 6) is 1.68. The highest BCUT2D eigenvalue weighted by molar-refractivity contribution is 8.06. The van der Waals surface area contributed by atoms with Gasteiger partial charge in [0.1, 0.15) is 5.76 Å². The summed E-state index contributed by atoms with van der Waals surface area (Å²) in [4.78, 5) is 1.17. The first-order chi connectivity index (χ1) is 4.45. The standard InChI is InChI=1S/C5H2N2OS/c1-2-3-4(9-1)5(8-2)7-6-3/h1,3H. The van der Waals surface area contributed by atoms with Crippen molar-refractivity contribution in [1.29, 1.82) is 0 Å². The lowest BCUT2D eigenvalue weighted by atomic mass is 10.3. The molecule has 0 aromatic heterocycles. The molecule has 3 aliphatic heterocycles. The molecule has 0 fully saturated rings. The van der Waals surface area contributed by atoms with Crippen molar-refractivity contribution in [2.45, 2.75) is 6.04 Å². The van der Waals surface area contributed by atoms with Gasteiger partial charge in [-0.2, -0.15) is 5.11 Å². The maximum Gasteiger partial charge on any atom is 0.250 e. The fourth-order valence-corrected chi connectivity index (χ4v) is 1.97. The lowest BCUT2D eigenvalue weighted by Gasteiger charge is -2.03. The van der Waals surface area contributed by atoms with E-state index >= 15 is 0 Å². The van der Waals surface area contributed by atoms with E-state index < -0.39 is 0 Å². The summed E-state index contributed by atoms with van der Waals surface area (Å²) in [6.45, 7) is 0. The largest absolute Gasteiger partial charge is 0.438 e. The SMILES string of the molecule is C1=C2OC3=C(S1)C2N=N3. The minimum absolute atomic E-state index is 0.157. The average molecular weight is 138 g/mol. The fourth-order valence-electron chi connectivity index (χ4n) is 1.08. The summed E-state index contributed by atoms with van der Waals surface area (Å²) in [6.07, 6.45) is 0. The highest BCUT2D eigenvalue weighted by atomic mass is 32.2. The Morgan fingerprint density at radius 2 is 2.67 bits per heavy atom. The molecule has 3 nitrogen and oxygen atoms in total. The number of hydrogen-bond donors (Lipinski definition) is 0. The minimum atomic E-state index is 0.157. The molecule has 0 N–H and O–H groups in total. The van der Waals surface area contributed by atoms with E-state index in [9.17, 15) is 0 Å². The summed E-state index contributed by atoms with van der Waals surface area (Å²) < 4.78 is 5.22. The van der Waals surface area contributed by atoms with Crippen LogP contribution in [0.2, 0.25) is 0 Å². The van der Waals surface area contributed by atoms with E-state index in [0.29, 0.717) is 0 Å². The summed E-state index contributed by atoms with van der Waals surface area (Å²) >= 11 is 1.68. The molecule has 3 aliphatic rings. The molecule has 44 valence electrons. The van der Waals surface area contributed by atoms with Gasteiger partial charge in [0.25, 0.3) is 5.88 Å². The van der Waals surface area contributed by atoms with Crippen molar-refractivity contribution in [2.75, 3.05) is 0 Å². The summed E-state index contributed by atoms with van der Waals surface area (Å²) in [5.41, 5.74) is 0. The van der Waals surface area contributed by atoms with Crippen molar-refractivity contribution in [3.63, 3.8) is 0 Å². The van der Waals surface area contributed by atoms with Crippen LogP contribution < -0.4 is 0 Å². The average Bonchev–Trinajstić information content (AvgIpc) is 2.50. The van der Waals surface area contributed by atoms with Gasteiger partial charge in [0.05, 0.1) is 4.91 Å². The molecule has 0 spiro atoms. The predicted octanol–water partition coefficient (Wildman–Crippen LogP) is 1.61. The minimum Gasteiger partial charge on any atom is -0.438 e. The maximum atomic E-state index is 5.22. The van der Waals surface area contributed by atoms with Gasteiger partial charge in [-0.05, 0) is 0 Å². The van der Waals surface area contributed by atoms with Crippen LogP contribution in [0.1, 0.15) is 0 Å². The van der Waals surface area contributed by atoms with Gasteiger partial charge >= 0.3 is 0 Å². The summed E-state index contributed by atoms with van der Waals surface area (Å²) in [6, 6.07) is 0.157. The molecule has 4 heteroatoms. The first-order valence-corrected chi connectivity index (χ1v) is 3.53. The number of ether oxygens (including phenoxy) is 1. The van der Waals surface area contributed by atoms with E-state index in [2.05, 4.69) is 10.2 Å². The zero-order valence-electron chi connectivity index (χ0n) is 4.37. The Morgan fingerprint density at radius 3 is 3.22 bits per heavy atom. The Labute approximate surface area is 55.5 Å². The van der Waals surface area contributed by atoms with Gasteiger partial charge in [0.2, 0.25) is 0 Å². The Morgan fingerprint density at radius 1 is 1.67 bits per heavy atom. The molecule has 3 rings (SSSR count). The fraction of sp³-hybridized carbons (Fsp3) is 0.200. The van der Waals surface area contributed by atoms with Crippen molar-refractivity contribution in [3.05, 3.63) is 22.0 Å². The van der Waals surface area contributed by atoms with Gasteiger partial charge in [-0.3, -0.25) is 0 Å². The molecule has 0 radical (unpaired) electrons. The van der Waals surface area contributed by atoms with Gasteiger partial charge in [0, 0.05) is 5.41 Å². The monoisotopic (exact) mass is 138 g/mol. The highest BCUT2D eigenvalue weighted by Crippen LogP contribution is 2.50. The van der Waals surface area contributed by atoms with Gasteiger partial charge < -0.3 is 4.74 Å². The smallest absolute Gasteiger partial charge is 0.250 e. The molecular formula is C5H2N2OS. The first kappa shape index (κ1) is 4.11. The van der Waals surface area contributed by atoms with Gasteiger partial charge in [-0.1, -0.05) is 11.8 Å². The van der Waals surface area contributed by atoms with Crippen LogP contribution in [0.25, 0.3) is 0 Å². The summed E-state index contributed by atoms with van der Waals surface area (Å²) in [7, 11) is 0. The van der Waals surface area contributed by atoms with Crippen LogP contribution in [-0.2, 0) is 4.74 Å². The van der Waals surface area contributed by atoms with Crippen LogP contribution in [0.4, 0.5) is 0 Å². The highest BCUT2D eigenvalue weighted by Gasteiger charge is 2.42. The molecule has 0 saturated heterocycles. The second-order valence-electron chi connectivity index (χ2n) is 2.03. The molecule has 0 amide bonds. The number of rotatable bonds is 0. The van der Waals surface area contributed by atoms with E-state index in [4.69, 9.17) is 4.74 Å². The predicted molar refractivity (Wildman–Crippen MR) is 32.4 cm³/mol. The zero-order valence-corrected chi connectivity index (χ0v) is 5.18. The zero-order chi connectivity index (χ0) is 5.84. The lowest BCUT2D eigenvalue weighted by molar-refractivity contribution is 0.291. The normalized spacial score (nSPS) is 33.8. The van der Waals surface area contributed by atoms with Gasteiger partial charge in [-0.25, -0.2) is 0 Å². The van der Waals surface area contributed by atoms with E-state index in [-0.39, 0.29) is 6.04 Å². The van der Waals surface area contributed by atoms with Crippen LogP contribution in [0, 0.1) is 0 Å². The molecule has 0 aliphatic carbocycles. The van der Waals surface area contributed by atoms with Crippen molar-refractivity contribution in [1.82, 2.24) is 0 Å². The summed E-state index contributed by atoms with van der Waals surface area (Å²) in [5, 5.41) is 9.76. The van der Waals surface area contributed by atoms with Crippen molar-refractivity contribution < 1.29 is 4.74 Å². The molecule has 9 heavy (non-hydrogen) atoms. The van der Waals surface area contributed by atoms with Gasteiger partial charge in [-0.15, -0.1) is 5.11 Å². The molecule has 4 bridgehead atoms. The van der Waals surface area contributed by atoms with E-state index in [1.165, 1.54) is 4.91 Å². The Bertz CT molecular complexity index is 279. The van der Waals surface area contributed by atoms with Crippen LogP contribution in [0.5, 0.6) is 0 Å². The van der Waals surface area contributed by atoms with Crippen molar-refractivity contribution in [2.24, 2.45) is 10.2 Å². The Kier molecular flexibility index (Phi) is 0.487. The third-order valence-corrected chi connectivity index (χ3v) is 2.51. The van der Waals surface area contributed by atoms with Crippen LogP contribution in [-0.4, -0.2) is 6.04 Å². The molecule has 0 saturated carbocycles. The van der Waals surface area contributed by atoms with E-state index in [0.717, 1.165) is 11.6 Å². The number of nitrogens with zero attached hydrogens (tertiary/aromatic N) is 2. The topological polar surface area (TPSA) is 34.0 Å². The number of hydrogen-bond acceptors (Lipinski definition) is 4. The Balaban J connectivity index is 2.34. The van der Waals surface area contributed by atoms with Crippen LogP contribution >= 0.6 is 11.8 Å². The van der Waals surface area contributed by atoms with Crippen LogP contribution in [0.15, 0.2) is 32.2 Å². The van der Waals surface area contributed by atoms with Crippen molar-refractivity contribution >= 4 is 11.8 Å². The number of azo groups is 1. The quantitative estimate of drug-likeness (QED) is 0.509. The molecule has 1 unspecified atom stereocenters. The van der Waals surface area contributed by atoms with E-state index in [1.54, 1.807) is 11.8 Å². The van der Waals surface area contributed by atoms with Crippen molar-refractivity contribution in [3.8, 4) is 0 Å². The maximum absolute atomic E-state index is 5.22. The van der Waals surface area contributed by atoms with Crippen LogP contribution in [0.3, 0.4) is 0 Å². The molecule has 1 atom stereocenters. The molecule has 3 heterocycles. The molecule has 0 aromatic rings. The second kappa shape index (κ2) is 1.07. The first-order valence-electron chi connectivity index (χ1n) is 2.65. The Hall–Kier alpha value is -0.770.